The van der Waals surface area contributed by atoms with Gasteiger partial charge in [0.25, 0.3) is 0 Å². The molecule has 1 N–H and O–H groups in total. The van der Waals surface area contributed by atoms with Crippen LogP contribution in [-0.4, -0.2) is 10.1 Å². The lowest BCUT2D eigenvalue weighted by Gasteiger charge is -1.97. The Morgan fingerprint density at radius 3 is 2.80 bits per heavy atom. The lowest BCUT2D eigenvalue weighted by atomic mass is 10.3. The number of hydrogen-bond donors (Lipinski definition) is 1. The third-order valence-electron chi connectivity index (χ3n) is 1.25. The van der Waals surface area contributed by atoms with E-state index in [0.717, 1.165) is 12.1 Å². The summed E-state index contributed by atoms with van der Waals surface area (Å²) < 4.78 is 0.643. The number of nitrogens with zero attached hydrogens (tertiary/aromatic N) is 1. The van der Waals surface area contributed by atoms with Crippen LogP contribution >= 0.6 is 15.9 Å². The molecule has 1 aromatic rings. The van der Waals surface area contributed by atoms with Crippen molar-refractivity contribution in [2.45, 2.75) is 13.3 Å². The Bertz CT molecular complexity index is 237. The van der Waals surface area contributed by atoms with E-state index in [1.807, 2.05) is 13.0 Å². The van der Waals surface area contributed by atoms with Crippen LogP contribution in [0.15, 0.2) is 16.6 Å². The maximum atomic E-state index is 9.07. The Morgan fingerprint density at radius 1 is 1.60 bits per heavy atom. The molecule has 0 aliphatic carbocycles. The van der Waals surface area contributed by atoms with Gasteiger partial charge in [-0.25, -0.2) is 4.98 Å². The van der Waals surface area contributed by atoms with Gasteiger partial charge in [0, 0.05) is 5.69 Å². The summed E-state index contributed by atoms with van der Waals surface area (Å²) in [4.78, 5) is 3.90. The summed E-state index contributed by atoms with van der Waals surface area (Å²) in [5.74, 6) is 0.0688. The molecule has 3 heteroatoms. The molecule has 0 fully saturated rings. The van der Waals surface area contributed by atoms with Crippen molar-refractivity contribution in [2.75, 3.05) is 0 Å². The molecule has 1 aromatic heterocycles. The van der Waals surface area contributed by atoms with Gasteiger partial charge >= 0.3 is 0 Å². The molecule has 54 valence electrons. The largest absolute Gasteiger partial charge is 0.492 e. The molecule has 0 atom stereocenters. The average Bonchev–Trinajstić information content (AvgIpc) is 1.95. The SMILES string of the molecule is CCc1ccc(Br)c(O)n1. The first kappa shape index (κ1) is 7.54. The minimum absolute atomic E-state index is 0.0688. The highest BCUT2D eigenvalue weighted by Crippen LogP contribution is 2.20. The first-order chi connectivity index (χ1) is 4.74. The van der Waals surface area contributed by atoms with Crippen LogP contribution in [-0.2, 0) is 6.42 Å². The Balaban J connectivity index is 3.04. The van der Waals surface area contributed by atoms with Crippen molar-refractivity contribution in [3.05, 3.63) is 22.3 Å². The molecule has 0 saturated heterocycles. The van der Waals surface area contributed by atoms with Crippen LogP contribution in [0.25, 0.3) is 0 Å². The van der Waals surface area contributed by atoms with E-state index in [9.17, 15) is 0 Å². The molecule has 10 heavy (non-hydrogen) atoms. The Kier molecular flexibility index (Phi) is 2.27. The van der Waals surface area contributed by atoms with Crippen molar-refractivity contribution in [1.29, 1.82) is 0 Å². The molecule has 0 aliphatic rings. The standard InChI is InChI=1S/C7H8BrNO/c1-2-5-3-4-6(8)7(10)9-5/h3-4H,2H2,1H3,(H,9,10). The van der Waals surface area contributed by atoms with E-state index in [4.69, 9.17) is 5.11 Å². The summed E-state index contributed by atoms with van der Waals surface area (Å²) >= 11 is 3.15. The summed E-state index contributed by atoms with van der Waals surface area (Å²) in [6.07, 6.45) is 0.848. The van der Waals surface area contributed by atoms with E-state index < -0.39 is 0 Å². The van der Waals surface area contributed by atoms with Crippen molar-refractivity contribution in [3.63, 3.8) is 0 Å². The minimum Gasteiger partial charge on any atom is -0.492 e. The predicted octanol–water partition coefficient (Wildman–Crippen LogP) is 2.11. The van der Waals surface area contributed by atoms with Crippen LogP contribution in [0.2, 0.25) is 0 Å². The monoisotopic (exact) mass is 201 g/mol. The van der Waals surface area contributed by atoms with Gasteiger partial charge < -0.3 is 5.11 Å². The molecule has 0 radical (unpaired) electrons. The fourth-order valence-corrected chi connectivity index (χ4v) is 0.888. The molecule has 0 amide bonds. The minimum atomic E-state index is 0.0688. The number of aryl methyl sites for hydroxylation is 1. The van der Waals surface area contributed by atoms with Crippen LogP contribution in [0.3, 0.4) is 0 Å². The smallest absolute Gasteiger partial charge is 0.225 e. The summed E-state index contributed by atoms with van der Waals surface area (Å²) in [6, 6.07) is 3.67. The Hall–Kier alpha value is -0.570. The molecule has 1 heterocycles. The van der Waals surface area contributed by atoms with Gasteiger partial charge in [0.2, 0.25) is 5.88 Å². The second-order valence-electron chi connectivity index (χ2n) is 1.96. The highest BCUT2D eigenvalue weighted by molar-refractivity contribution is 9.10. The van der Waals surface area contributed by atoms with Crippen molar-refractivity contribution < 1.29 is 5.11 Å². The van der Waals surface area contributed by atoms with E-state index in [0.29, 0.717) is 4.47 Å². The maximum Gasteiger partial charge on any atom is 0.225 e. The summed E-state index contributed by atoms with van der Waals surface area (Å²) in [5, 5.41) is 9.07. The number of aromatic hydroxyl groups is 1. The second kappa shape index (κ2) is 3.01. The van der Waals surface area contributed by atoms with E-state index in [1.54, 1.807) is 6.07 Å². The summed E-state index contributed by atoms with van der Waals surface area (Å²) in [5.41, 5.74) is 0.903. The number of hydrogen-bond acceptors (Lipinski definition) is 2. The number of pyridine rings is 1. The first-order valence-corrected chi connectivity index (χ1v) is 3.87. The summed E-state index contributed by atoms with van der Waals surface area (Å²) in [6.45, 7) is 2.00. The topological polar surface area (TPSA) is 33.1 Å². The lowest BCUT2D eigenvalue weighted by molar-refractivity contribution is 0.447. The summed E-state index contributed by atoms with van der Waals surface area (Å²) in [7, 11) is 0. The van der Waals surface area contributed by atoms with Gasteiger partial charge in [-0.15, -0.1) is 0 Å². The third-order valence-corrected chi connectivity index (χ3v) is 1.87. The third kappa shape index (κ3) is 1.48. The zero-order valence-electron chi connectivity index (χ0n) is 5.63. The highest BCUT2D eigenvalue weighted by Gasteiger charge is 1.98. The molecule has 0 bridgehead atoms. The Morgan fingerprint density at radius 2 is 2.30 bits per heavy atom. The molecule has 0 aliphatic heterocycles. The quantitative estimate of drug-likeness (QED) is 0.756. The molecule has 1 rings (SSSR count). The van der Waals surface area contributed by atoms with Gasteiger partial charge in [0.15, 0.2) is 0 Å². The van der Waals surface area contributed by atoms with E-state index in [-0.39, 0.29) is 5.88 Å². The van der Waals surface area contributed by atoms with Crippen LogP contribution in [0, 0.1) is 0 Å². The van der Waals surface area contributed by atoms with E-state index in [1.165, 1.54) is 0 Å². The highest BCUT2D eigenvalue weighted by atomic mass is 79.9. The zero-order valence-corrected chi connectivity index (χ0v) is 7.22. The van der Waals surface area contributed by atoms with Crippen molar-refractivity contribution >= 4 is 15.9 Å². The van der Waals surface area contributed by atoms with E-state index in [2.05, 4.69) is 20.9 Å². The van der Waals surface area contributed by atoms with Gasteiger partial charge in [0.05, 0.1) is 4.47 Å². The number of rotatable bonds is 1. The number of halogens is 1. The zero-order chi connectivity index (χ0) is 7.56. The van der Waals surface area contributed by atoms with Gasteiger partial charge in [-0.3, -0.25) is 0 Å². The van der Waals surface area contributed by atoms with Gasteiger partial charge in [-0.1, -0.05) is 6.92 Å². The molecule has 0 spiro atoms. The molecule has 0 saturated carbocycles. The molecule has 0 aromatic carbocycles. The fraction of sp³-hybridized carbons (Fsp3) is 0.286. The Labute approximate surface area is 68.0 Å². The molecular formula is C7H8BrNO. The number of aromatic nitrogens is 1. The molecular weight excluding hydrogens is 194 g/mol. The van der Waals surface area contributed by atoms with Crippen molar-refractivity contribution in [2.24, 2.45) is 0 Å². The van der Waals surface area contributed by atoms with Crippen LogP contribution < -0.4 is 0 Å². The van der Waals surface area contributed by atoms with Gasteiger partial charge in [0.1, 0.15) is 0 Å². The van der Waals surface area contributed by atoms with Gasteiger partial charge in [-0.05, 0) is 34.5 Å². The lowest BCUT2D eigenvalue weighted by Crippen LogP contribution is -1.85. The second-order valence-corrected chi connectivity index (χ2v) is 2.82. The predicted molar refractivity (Wildman–Crippen MR) is 43.0 cm³/mol. The van der Waals surface area contributed by atoms with Crippen molar-refractivity contribution in [1.82, 2.24) is 4.98 Å². The fourth-order valence-electron chi connectivity index (χ4n) is 0.667. The van der Waals surface area contributed by atoms with Crippen LogP contribution in [0.1, 0.15) is 12.6 Å². The molecule has 2 nitrogen and oxygen atoms in total. The first-order valence-electron chi connectivity index (χ1n) is 3.08. The van der Waals surface area contributed by atoms with Gasteiger partial charge in [-0.2, -0.15) is 0 Å². The molecule has 0 unspecified atom stereocenters. The van der Waals surface area contributed by atoms with Crippen LogP contribution in [0.4, 0.5) is 0 Å². The maximum absolute atomic E-state index is 9.07. The van der Waals surface area contributed by atoms with Crippen molar-refractivity contribution in [3.8, 4) is 5.88 Å². The average molecular weight is 202 g/mol. The van der Waals surface area contributed by atoms with E-state index >= 15 is 0 Å². The normalized spacial score (nSPS) is 9.80. The van der Waals surface area contributed by atoms with Crippen LogP contribution in [0.5, 0.6) is 5.88 Å².